The number of ether oxygens (including phenoxy) is 1. The summed E-state index contributed by atoms with van der Waals surface area (Å²) in [6.45, 7) is 8.55. The molecule has 1 fully saturated rings. The van der Waals surface area contributed by atoms with Crippen molar-refractivity contribution in [1.29, 1.82) is 0 Å². The number of nitrogens with zero attached hydrogens (tertiary/aromatic N) is 2. The van der Waals surface area contributed by atoms with E-state index in [0.29, 0.717) is 11.8 Å². The first-order valence-electron chi connectivity index (χ1n) is 6.91. The normalized spacial score (nSPS) is 19.2. The maximum Gasteiger partial charge on any atom is 0.311 e. The lowest BCUT2D eigenvalue weighted by Crippen LogP contribution is -2.49. The molecular formula is C14H21N3O3. The molecule has 1 atom stereocenters. The van der Waals surface area contributed by atoms with Crippen LogP contribution in [0.5, 0.6) is 5.75 Å². The van der Waals surface area contributed by atoms with E-state index >= 15 is 0 Å². The lowest BCUT2D eigenvalue weighted by atomic mass is 10.2. The molecule has 1 aliphatic rings. The first-order valence-corrected chi connectivity index (χ1v) is 6.91. The highest BCUT2D eigenvalue weighted by Gasteiger charge is 2.21. The molecule has 0 unspecified atom stereocenters. The van der Waals surface area contributed by atoms with Crippen molar-refractivity contribution in [2.24, 2.45) is 0 Å². The van der Waals surface area contributed by atoms with Gasteiger partial charge in [0.2, 0.25) is 0 Å². The summed E-state index contributed by atoms with van der Waals surface area (Å²) in [4.78, 5) is 12.9. The van der Waals surface area contributed by atoms with Crippen LogP contribution in [-0.4, -0.2) is 36.7 Å². The summed E-state index contributed by atoms with van der Waals surface area (Å²) >= 11 is 0. The number of nitrogens with one attached hydrogen (secondary N) is 1. The first-order chi connectivity index (χ1) is 9.47. The van der Waals surface area contributed by atoms with Gasteiger partial charge in [0.05, 0.1) is 11.0 Å². The molecule has 1 heterocycles. The molecule has 0 saturated carbocycles. The van der Waals surface area contributed by atoms with Crippen LogP contribution in [0.1, 0.15) is 20.8 Å². The van der Waals surface area contributed by atoms with Gasteiger partial charge < -0.3 is 15.0 Å². The monoisotopic (exact) mass is 279 g/mol. The van der Waals surface area contributed by atoms with E-state index < -0.39 is 4.92 Å². The fraction of sp³-hybridized carbons (Fsp3) is 0.571. The van der Waals surface area contributed by atoms with E-state index in [9.17, 15) is 10.1 Å². The molecule has 0 amide bonds. The van der Waals surface area contributed by atoms with Gasteiger partial charge in [-0.25, -0.2) is 0 Å². The van der Waals surface area contributed by atoms with Gasteiger partial charge in [-0.1, -0.05) is 0 Å². The van der Waals surface area contributed by atoms with Crippen molar-refractivity contribution < 1.29 is 9.66 Å². The Bertz CT molecular complexity index is 491. The summed E-state index contributed by atoms with van der Waals surface area (Å²) in [6.07, 6.45) is -0.0918. The Balaban J connectivity index is 2.28. The molecule has 6 heteroatoms. The smallest absolute Gasteiger partial charge is 0.311 e. The SMILES string of the molecule is CC(C)Oc1cc(N2CCN[C@H](C)C2)ccc1[N+](=O)[O-]. The van der Waals surface area contributed by atoms with Crippen LogP contribution in [-0.2, 0) is 0 Å². The number of benzene rings is 1. The van der Waals surface area contributed by atoms with Crippen molar-refractivity contribution in [1.82, 2.24) is 5.32 Å². The van der Waals surface area contributed by atoms with Gasteiger partial charge in [0.25, 0.3) is 0 Å². The summed E-state index contributed by atoms with van der Waals surface area (Å²) in [5.74, 6) is 0.341. The maximum absolute atomic E-state index is 11.0. The standard InChI is InChI=1S/C14H21N3O3/c1-10(2)20-14-8-12(4-5-13(14)17(18)19)16-7-6-15-11(3)9-16/h4-5,8,10-11,15H,6-7,9H2,1-3H3/t11-/m1/s1. The Labute approximate surface area is 118 Å². The number of nitro benzene ring substituents is 1. The second kappa shape index (κ2) is 6.09. The largest absolute Gasteiger partial charge is 0.484 e. The molecule has 1 aliphatic heterocycles. The van der Waals surface area contributed by atoms with Gasteiger partial charge in [0.1, 0.15) is 0 Å². The Kier molecular flexibility index (Phi) is 4.44. The highest BCUT2D eigenvalue weighted by Crippen LogP contribution is 2.32. The van der Waals surface area contributed by atoms with Crippen molar-refractivity contribution in [2.45, 2.75) is 32.9 Å². The summed E-state index contributed by atoms with van der Waals surface area (Å²) in [7, 11) is 0. The van der Waals surface area contributed by atoms with Crippen molar-refractivity contribution in [3.8, 4) is 5.75 Å². The van der Waals surface area contributed by atoms with Crippen LogP contribution >= 0.6 is 0 Å². The molecule has 1 N–H and O–H groups in total. The number of hydrogen-bond acceptors (Lipinski definition) is 5. The summed E-state index contributed by atoms with van der Waals surface area (Å²) < 4.78 is 5.58. The van der Waals surface area contributed by atoms with Crippen LogP contribution < -0.4 is 15.0 Å². The fourth-order valence-corrected chi connectivity index (χ4v) is 2.37. The summed E-state index contributed by atoms with van der Waals surface area (Å²) in [6, 6.07) is 5.51. The molecule has 0 radical (unpaired) electrons. The van der Waals surface area contributed by atoms with Crippen LogP contribution in [0.3, 0.4) is 0 Å². The second-order valence-corrected chi connectivity index (χ2v) is 5.38. The van der Waals surface area contributed by atoms with Crippen LogP contribution in [0.4, 0.5) is 11.4 Å². The lowest BCUT2D eigenvalue weighted by Gasteiger charge is -2.33. The maximum atomic E-state index is 11.0. The van der Waals surface area contributed by atoms with Gasteiger partial charge in [0.15, 0.2) is 5.75 Å². The molecule has 20 heavy (non-hydrogen) atoms. The van der Waals surface area contributed by atoms with Gasteiger partial charge >= 0.3 is 5.69 Å². The van der Waals surface area contributed by atoms with E-state index in [4.69, 9.17) is 4.74 Å². The topological polar surface area (TPSA) is 67.6 Å². The molecule has 1 aromatic rings. The van der Waals surface area contributed by atoms with E-state index in [2.05, 4.69) is 17.1 Å². The molecule has 6 nitrogen and oxygen atoms in total. The van der Waals surface area contributed by atoms with Gasteiger partial charge in [-0.05, 0) is 26.8 Å². The molecule has 1 saturated heterocycles. The molecule has 0 aromatic heterocycles. The Morgan fingerprint density at radius 3 is 2.85 bits per heavy atom. The van der Waals surface area contributed by atoms with Crippen LogP contribution in [0, 0.1) is 10.1 Å². The fourth-order valence-electron chi connectivity index (χ4n) is 2.37. The molecule has 1 aromatic carbocycles. The van der Waals surface area contributed by atoms with Gasteiger partial charge in [-0.2, -0.15) is 0 Å². The minimum absolute atomic E-state index is 0.0191. The molecular weight excluding hydrogens is 258 g/mol. The zero-order chi connectivity index (χ0) is 14.7. The number of anilines is 1. The number of piperazine rings is 1. The van der Waals surface area contributed by atoms with E-state index in [-0.39, 0.29) is 11.8 Å². The Morgan fingerprint density at radius 2 is 2.25 bits per heavy atom. The van der Waals surface area contributed by atoms with E-state index in [1.807, 2.05) is 13.8 Å². The molecule has 0 bridgehead atoms. The summed E-state index contributed by atoms with van der Waals surface area (Å²) in [5, 5.41) is 14.4. The average Bonchev–Trinajstić information content (AvgIpc) is 2.37. The first kappa shape index (κ1) is 14.6. The van der Waals surface area contributed by atoms with Gasteiger partial charge in [-0.3, -0.25) is 10.1 Å². The highest BCUT2D eigenvalue weighted by molar-refractivity contribution is 5.59. The van der Waals surface area contributed by atoms with Crippen LogP contribution in [0.2, 0.25) is 0 Å². The van der Waals surface area contributed by atoms with Crippen molar-refractivity contribution in [2.75, 3.05) is 24.5 Å². The third-order valence-corrected chi connectivity index (χ3v) is 3.24. The molecule has 2 rings (SSSR count). The number of rotatable bonds is 4. The zero-order valence-electron chi connectivity index (χ0n) is 12.1. The van der Waals surface area contributed by atoms with Crippen molar-refractivity contribution in [3.63, 3.8) is 0 Å². The van der Waals surface area contributed by atoms with E-state index in [0.717, 1.165) is 25.3 Å². The Hall–Kier alpha value is -1.82. The Morgan fingerprint density at radius 1 is 1.50 bits per heavy atom. The quantitative estimate of drug-likeness (QED) is 0.676. The second-order valence-electron chi connectivity index (χ2n) is 5.38. The third kappa shape index (κ3) is 3.39. The van der Waals surface area contributed by atoms with E-state index in [1.54, 1.807) is 12.1 Å². The summed E-state index contributed by atoms with van der Waals surface area (Å²) in [5.41, 5.74) is 0.991. The predicted octanol–water partition coefficient (Wildman–Crippen LogP) is 2.18. The van der Waals surface area contributed by atoms with Crippen molar-refractivity contribution >= 4 is 11.4 Å². The van der Waals surface area contributed by atoms with E-state index in [1.165, 1.54) is 6.07 Å². The zero-order valence-corrected chi connectivity index (χ0v) is 12.1. The number of nitro groups is 1. The minimum Gasteiger partial charge on any atom is -0.484 e. The van der Waals surface area contributed by atoms with Crippen molar-refractivity contribution in [3.05, 3.63) is 28.3 Å². The van der Waals surface area contributed by atoms with Crippen LogP contribution in [0.25, 0.3) is 0 Å². The molecule has 110 valence electrons. The van der Waals surface area contributed by atoms with Gasteiger partial charge in [-0.15, -0.1) is 0 Å². The highest BCUT2D eigenvalue weighted by atomic mass is 16.6. The van der Waals surface area contributed by atoms with Crippen LogP contribution in [0.15, 0.2) is 18.2 Å². The molecule has 0 aliphatic carbocycles. The molecule has 0 spiro atoms. The predicted molar refractivity (Wildman–Crippen MR) is 78.5 cm³/mol. The number of hydrogen-bond donors (Lipinski definition) is 1. The minimum atomic E-state index is -0.401. The average molecular weight is 279 g/mol. The van der Waals surface area contributed by atoms with Gasteiger partial charge in [0, 0.05) is 43.5 Å². The lowest BCUT2D eigenvalue weighted by molar-refractivity contribution is -0.386. The third-order valence-electron chi connectivity index (χ3n) is 3.24.